The molecule has 8 nitrogen and oxygen atoms in total. The van der Waals surface area contributed by atoms with E-state index in [0.717, 1.165) is 11.5 Å². The van der Waals surface area contributed by atoms with E-state index in [2.05, 4.69) is 9.97 Å². The molecule has 2 aromatic rings. The van der Waals surface area contributed by atoms with Crippen molar-refractivity contribution in [2.24, 2.45) is 0 Å². The van der Waals surface area contributed by atoms with Gasteiger partial charge in [0.05, 0.1) is 24.1 Å². The molecule has 0 N–H and O–H groups in total. The first-order chi connectivity index (χ1) is 13.2. The number of nitrogens with zero attached hydrogens (tertiary/aromatic N) is 4. The number of amides is 1. The number of ketones is 1. The van der Waals surface area contributed by atoms with Gasteiger partial charge in [-0.1, -0.05) is 0 Å². The second-order valence-corrected chi connectivity index (χ2v) is 6.75. The Morgan fingerprint density at radius 1 is 1.30 bits per heavy atom. The smallest absolute Gasteiger partial charge is 0.409 e. The number of furan rings is 1. The Labute approximate surface area is 157 Å². The van der Waals surface area contributed by atoms with Crippen molar-refractivity contribution >= 4 is 17.8 Å². The van der Waals surface area contributed by atoms with Crippen LogP contribution in [-0.4, -0.2) is 59.5 Å². The predicted octanol–water partition coefficient (Wildman–Crippen LogP) is 2.26. The van der Waals surface area contributed by atoms with Crippen LogP contribution in [0.1, 0.15) is 41.1 Å². The van der Waals surface area contributed by atoms with Gasteiger partial charge in [-0.05, 0) is 19.1 Å². The summed E-state index contributed by atoms with van der Waals surface area (Å²) in [5.74, 6) is 1.49. The lowest BCUT2D eigenvalue weighted by Crippen LogP contribution is -2.49. The van der Waals surface area contributed by atoms with Crippen molar-refractivity contribution in [1.82, 2.24) is 14.9 Å². The van der Waals surface area contributed by atoms with Crippen LogP contribution in [0, 0.1) is 0 Å². The van der Waals surface area contributed by atoms with Gasteiger partial charge in [-0.3, -0.25) is 4.79 Å². The molecule has 0 unspecified atom stereocenters. The zero-order valence-corrected chi connectivity index (χ0v) is 15.3. The van der Waals surface area contributed by atoms with Crippen LogP contribution in [0.5, 0.6) is 0 Å². The fourth-order valence-corrected chi connectivity index (χ4v) is 3.62. The lowest BCUT2D eigenvalue weighted by molar-refractivity contribution is 0.0957. The highest BCUT2D eigenvalue weighted by Crippen LogP contribution is 2.32. The van der Waals surface area contributed by atoms with Gasteiger partial charge in [0.15, 0.2) is 5.78 Å². The molecule has 0 spiro atoms. The fraction of sp³-hybridized carbons (Fsp3) is 0.474. The van der Waals surface area contributed by atoms with Gasteiger partial charge in [-0.15, -0.1) is 0 Å². The lowest BCUT2D eigenvalue weighted by atomic mass is 9.85. The standard InChI is InChI=1S/C19H22N4O4/c1-2-26-19(25)23-7-5-22(6-8-23)18-20-12-14-15(21-18)10-13(11-16(14)24)17-4-3-9-27-17/h3-4,9,12-13H,2,5-8,10-11H2,1H3/t13-/m0/s1. The third kappa shape index (κ3) is 3.51. The van der Waals surface area contributed by atoms with Crippen LogP contribution in [0.3, 0.4) is 0 Å². The number of carbonyl (C=O) groups is 2. The molecule has 1 amide bonds. The molecule has 8 heteroatoms. The molecule has 1 aliphatic heterocycles. The van der Waals surface area contributed by atoms with Gasteiger partial charge in [0.2, 0.25) is 5.95 Å². The molecule has 1 atom stereocenters. The summed E-state index contributed by atoms with van der Waals surface area (Å²) in [4.78, 5) is 37.1. The van der Waals surface area contributed by atoms with Crippen LogP contribution >= 0.6 is 0 Å². The van der Waals surface area contributed by atoms with Crippen molar-refractivity contribution in [3.8, 4) is 0 Å². The van der Waals surface area contributed by atoms with E-state index in [0.29, 0.717) is 57.1 Å². The molecule has 0 bridgehead atoms. The molecule has 2 aromatic heterocycles. The second-order valence-electron chi connectivity index (χ2n) is 6.75. The van der Waals surface area contributed by atoms with E-state index in [1.807, 2.05) is 17.0 Å². The highest BCUT2D eigenvalue weighted by molar-refractivity contribution is 5.98. The number of fused-ring (bicyclic) bond motifs is 1. The molecule has 4 rings (SSSR count). The number of anilines is 1. The first-order valence-electron chi connectivity index (χ1n) is 9.25. The van der Waals surface area contributed by atoms with Gasteiger partial charge >= 0.3 is 6.09 Å². The van der Waals surface area contributed by atoms with Gasteiger partial charge in [0.25, 0.3) is 0 Å². The molecule has 1 saturated heterocycles. The van der Waals surface area contributed by atoms with Gasteiger partial charge in [-0.2, -0.15) is 0 Å². The van der Waals surface area contributed by atoms with E-state index in [4.69, 9.17) is 9.15 Å². The van der Waals surface area contributed by atoms with Crippen molar-refractivity contribution in [2.75, 3.05) is 37.7 Å². The van der Waals surface area contributed by atoms with Gasteiger partial charge in [0.1, 0.15) is 5.76 Å². The Hall–Kier alpha value is -2.90. The van der Waals surface area contributed by atoms with E-state index in [1.165, 1.54) is 0 Å². The van der Waals surface area contributed by atoms with Gasteiger partial charge < -0.3 is 19.0 Å². The van der Waals surface area contributed by atoms with Crippen molar-refractivity contribution < 1.29 is 18.7 Å². The van der Waals surface area contributed by atoms with E-state index in [9.17, 15) is 9.59 Å². The normalized spacial score (nSPS) is 19.7. The zero-order chi connectivity index (χ0) is 18.8. The lowest BCUT2D eigenvalue weighted by Gasteiger charge is -2.34. The number of Topliss-reactive ketones (excluding diaryl/α,β-unsaturated/α-hetero) is 1. The van der Waals surface area contributed by atoms with Crippen LogP contribution in [0.4, 0.5) is 10.7 Å². The third-order valence-electron chi connectivity index (χ3n) is 5.06. The third-order valence-corrected chi connectivity index (χ3v) is 5.06. The Bertz CT molecular complexity index is 828. The first kappa shape index (κ1) is 17.5. The van der Waals surface area contributed by atoms with E-state index >= 15 is 0 Å². The Balaban J connectivity index is 1.48. The average molecular weight is 370 g/mol. The minimum absolute atomic E-state index is 0.0170. The summed E-state index contributed by atoms with van der Waals surface area (Å²) in [6.45, 7) is 4.56. The number of hydrogen-bond donors (Lipinski definition) is 0. The molecular formula is C19H22N4O4. The molecule has 1 fully saturated rings. The molecule has 27 heavy (non-hydrogen) atoms. The minimum atomic E-state index is -0.282. The summed E-state index contributed by atoms with van der Waals surface area (Å²) < 4.78 is 10.5. The van der Waals surface area contributed by atoms with Crippen LogP contribution in [-0.2, 0) is 11.2 Å². The van der Waals surface area contributed by atoms with Crippen molar-refractivity contribution in [1.29, 1.82) is 0 Å². The quantitative estimate of drug-likeness (QED) is 0.819. The Morgan fingerprint density at radius 3 is 2.81 bits per heavy atom. The van der Waals surface area contributed by atoms with Crippen LogP contribution in [0.15, 0.2) is 29.0 Å². The minimum Gasteiger partial charge on any atom is -0.469 e. The van der Waals surface area contributed by atoms with E-state index in [1.54, 1.807) is 24.3 Å². The van der Waals surface area contributed by atoms with Crippen LogP contribution in [0.25, 0.3) is 0 Å². The summed E-state index contributed by atoms with van der Waals surface area (Å²) in [7, 11) is 0. The zero-order valence-electron chi connectivity index (χ0n) is 15.3. The highest BCUT2D eigenvalue weighted by atomic mass is 16.6. The number of carbonyl (C=O) groups excluding carboxylic acids is 2. The number of rotatable bonds is 3. The average Bonchev–Trinajstić information content (AvgIpc) is 3.23. The highest BCUT2D eigenvalue weighted by Gasteiger charge is 2.31. The molecule has 0 radical (unpaired) electrons. The number of piperazine rings is 1. The molecular weight excluding hydrogens is 348 g/mol. The largest absolute Gasteiger partial charge is 0.469 e. The Morgan fingerprint density at radius 2 is 2.11 bits per heavy atom. The maximum absolute atomic E-state index is 12.5. The monoisotopic (exact) mass is 370 g/mol. The van der Waals surface area contributed by atoms with Crippen LogP contribution in [0.2, 0.25) is 0 Å². The molecule has 0 saturated carbocycles. The molecule has 3 heterocycles. The Kier molecular flexibility index (Phi) is 4.79. The van der Waals surface area contributed by atoms with Gasteiger partial charge in [-0.25, -0.2) is 14.8 Å². The van der Waals surface area contributed by atoms with Crippen molar-refractivity contribution in [3.63, 3.8) is 0 Å². The fourth-order valence-electron chi connectivity index (χ4n) is 3.62. The summed E-state index contributed by atoms with van der Waals surface area (Å²) in [6.07, 6.45) is 4.06. The summed E-state index contributed by atoms with van der Waals surface area (Å²) >= 11 is 0. The molecule has 2 aliphatic rings. The van der Waals surface area contributed by atoms with E-state index < -0.39 is 0 Å². The number of aromatic nitrogens is 2. The molecule has 142 valence electrons. The van der Waals surface area contributed by atoms with E-state index in [-0.39, 0.29) is 17.8 Å². The topological polar surface area (TPSA) is 88.8 Å². The van der Waals surface area contributed by atoms with Crippen molar-refractivity contribution in [2.45, 2.75) is 25.7 Å². The maximum atomic E-state index is 12.5. The SMILES string of the molecule is CCOC(=O)N1CCN(c2ncc3c(n2)C[C@H](c2ccco2)CC3=O)CC1. The summed E-state index contributed by atoms with van der Waals surface area (Å²) in [5, 5.41) is 0. The summed E-state index contributed by atoms with van der Waals surface area (Å²) in [5.41, 5.74) is 1.37. The summed E-state index contributed by atoms with van der Waals surface area (Å²) in [6, 6.07) is 3.74. The maximum Gasteiger partial charge on any atom is 0.409 e. The second kappa shape index (κ2) is 7.38. The van der Waals surface area contributed by atoms with Gasteiger partial charge in [0, 0.05) is 51.1 Å². The predicted molar refractivity (Wildman–Crippen MR) is 96.9 cm³/mol. The molecule has 1 aliphatic carbocycles. The van der Waals surface area contributed by atoms with Crippen LogP contribution < -0.4 is 4.90 Å². The molecule has 0 aromatic carbocycles. The van der Waals surface area contributed by atoms with Crippen molar-refractivity contribution in [3.05, 3.63) is 41.6 Å². The number of hydrogen-bond acceptors (Lipinski definition) is 7. The first-order valence-corrected chi connectivity index (χ1v) is 9.25. The number of ether oxygens (including phenoxy) is 1.